The summed E-state index contributed by atoms with van der Waals surface area (Å²) in [6.07, 6.45) is 8.23. The summed E-state index contributed by atoms with van der Waals surface area (Å²) in [7, 11) is 2.11. The van der Waals surface area contributed by atoms with E-state index in [0.29, 0.717) is 11.0 Å². The molecule has 0 radical (unpaired) electrons. The third kappa shape index (κ3) is 3.24. The summed E-state index contributed by atoms with van der Waals surface area (Å²) >= 11 is 5.12. The van der Waals surface area contributed by atoms with Crippen LogP contribution in [0.5, 0.6) is 0 Å². The highest BCUT2D eigenvalue weighted by Gasteiger charge is 2.25. The molecule has 0 amide bonds. The van der Waals surface area contributed by atoms with Gasteiger partial charge in [0.25, 0.3) is 0 Å². The van der Waals surface area contributed by atoms with E-state index in [1.54, 1.807) is 0 Å². The highest BCUT2D eigenvalue weighted by Crippen LogP contribution is 2.31. The third-order valence-electron chi connectivity index (χ3n) is 4.33. The number of hydrogen-bond donors (Lipinski definition) is 1. The molecule has 1 fully saturated rings. The van der Waals surface area contributed by atoms with Crippen LogP contribution in [0.2, 0.25) is 0 Å². The van der Waals surface area contributed by atoms with Crippen LogP contribution < -0.4 is 10.6 Å². The zero-order chi connectivity index (χ0) is 13.8. The van der Waals surface area contributed by atoms with E-state index in [9.17, 15) is 0 Å². The van der Waals surface area contributed by atoms with E-state index in [1.165, 1.54) is 32.1 Å². The minimum atomic E-state index is 0.428. The van der Waals surface area contributed by atoms with Gasteiger partial charge in [0.05, 0.1) is 5.56 Å². The van der Waals surface area contributed by atoms with E-state index in [0.717, 1.165) is 17.3 Å². The molecule has 1 saturated carbocycles. The van der Waals surface area contributed by atoms with Crippen LogP contribution in [-0.2, 0) is 0 Å². The first kappa shape index (κ1) is 14.3. The summed E-state index contributed by atoms with van der Waals surface area (Å²) < 4.78 is 0. The van der Waals surface area contributed by atoms with E-state index in [2.05, 4.69) is 23.9 Å². The van der Waals surface area contributed by atoms with Gasteiger partial charge in [0.1, 0.15) is 10.8 Å². The Balaban J connectivity index is 2.12. The molecule has 0 spiro atoms. The fourth-order valence-electron chi connectivity index (χ4n) is 2.98. The monoisotopic (exact) mass is 277 g/mol. The van der Waals surface area contributed by atoms with Crippen molar-refractivity contribution < 1.29 is 0 Å². The van der Waals surface area contributed by atoms with Crippen LogP contribution in [0.4, 0.5) is 5.82 Å². The second kappa shape index (κ2) is 6.33. The number of anilines is 1. The molecule has 4 heteroatoms. The molecule has 0 saturated heterocycles. The van der Waals surface area contributed by atoms with E-state index in [4.69, 9.17) is 18.0 Å². The molecule has 1 aliphatic rings. The summed E-state index contributed by atoms with van der Waals surface area (Å²) in [5.41, 5.74) is 6.68. The van der Waals surface area contributed by atoms with Crippen molar-refractivity contribution in [2.24, 2.45) is 11.7 Å². The Morgan fingerprint density at radius 1 is 1.42 bits per heavy atom. The zero-order valence-electron chi connectivity index (χ0n) is 11.8. The SMILES string of the molecule is CCC1CCC(N(C)c2ncccc2C(N)=S)CC1. The molecule has 19 heavy (non-hydrogen) atoms. The highest BCUT2D eigenvalue weighted by atomic mass is 32.1. The number of nitrogens with two attached hydrogens (primary N) is 1. The van der Waals surface area contributed by atoms with Crippen molar-refractivity contribution in [2.45, 2.75) is 45.1 Å². The van der Waals surface area contributed by atoms with Crippen molar-refractivity contribution in [2.75, 3.05) is 11.9 Å². The van der Waals surface area contributed by atoms with Gasteiger partial charge in [-0.15, -0.1) is 0 Å². The first-order valence-corrected chi connectivity index (χ1v) is 7.52. The number of pyridine rings is 1. The van der Waals surface area contributed by atoms with Gasteiger partial charge in [-0.05, 0) is 43.7 Å². The van der Waals surface area contributed by atoms with E-state index >= 15 is 0 Å². The van der Waals surface area contributed by atoms with Crippen LogP contribution in [0.25, 0.3) is 0 Å². The molecule has 0 atom stereocenters. The second-order valence-electron chi connectivity index (χ2n) is 5.43. The van der Waals surface area contributed by atoms with Gasteiger partial charge in [-0.1, -0.05) is 25.6 Å². The molecule has 1 aromatic heterocycles. The minimum Gasteiger partial charge on any atom is -0.389 e. The van der Waals surface area contributed by atoms with Crippen LogP contribution in [0.3, 0.4) is 0 Å². The normalized spacial score (nSPS) is 23.1. The van der Waals surface area contributed by atoms with Crippen LogP contribution in [-0.4, -0.2) is 23.1 Å². The van der Waals surface area contributed by atoms with E-state index in [-0.39, 0.29) is 0 Å². The van der Waals surface area contributed by atoms with Crippen LogP contribution in [0, 0.1) is 5.92 Å². The molecule has 1 aliphatic carbocycles. The van der Waals surface area contributed by atoms with Crippen molar-refractivity contribution in [3.05, 3.63) is 23.9 Å². The first-order chi connectivity index (χ1) is 9.13. The summed E-state index contributed by atoms with van der Waals surface area (Å²) in [4.78, 5) is 7.16. The van der Waals surface area contributed by atoms with Gasteiger partial charge >= 0.3 is 0 Å². The summed E-state index contributed by atoms with van der Waals surface area (Å²) in [6, 6.07) is 4.41. The lowest BCUT2D eigenvalue weighted by molar-refractivity contribution is 0.313. The Morgan fingerprint density at radius 2 is 2.11 bits per heavy atom. The molecule has 2 N–H and O–H groups in total. The van der Waals surface area contributed by atoms with Gasteiger partial charge < -0.3 is 10.6 Å². The number of hydrogen-bond acceptors (Lipinski definition) is 3. The van der Waals surface area contributed by atoms with Crippen LogP contribution in [0.15, 0.2) is 18.3 Å². The van der Waals surface area contributed by atoms with Gasteiger partial charge in [-0.3, -0.25) is 0 Å². The van der Waals surface area contributed by atoms with E-state index < -0.39 is 0 Å². The van der Waals surface area contributed by atoms with Gasteiger partial charge in [0.2, 0.25) is 0 Å². The number of aromatic nitrogens is 1. The average Bonchev–Trinajstić information content (AvgIpc) is 2.46. The Labute approximate surface area is 121 Å². The molecule has 3 nitrogen and oxygen atoms in total. The van der Waals surface area contributed by atoms with Crippen molar-refractivity contribution in [3.63, 3.8) is 0 Å². The quantitative estimate of drug-likeness (QED) is 0.859. The third-order valence-corrected chi connectivity index (χ3v) is 4.55. The maximum Gasteiger partial charge on any atom is 0.138 e. The first-order valence-electron chi connectivity index (χ1n) is 7.11. The smallest absolute Gasteiger partial charge is 0.138 e. The van der Waals surface area contributed by atoms with Crippen molar-refractivity contribution in [1.29, 1.82) is 0 Å². The highest BCUT2D eigenvalue weighted by molar-refractivity contribution is 7.80. The largest absolute Gasteiger partial charge is 0.389 e. The van der Waals surface area contributed by atoms with Gasteiger partial charge in [-0.25, -0.2) is 4.98 Å². The lowest BCUT2D eigenvalue weighted by Crippen LogP contribution is -2.36. The summed E-state index contributed by atoms with van der Waals surface area (Å²) in [5, 5.41) is 0. The summed E-state index contributed by atoms with van der Waals surface area (Å²) in [5.74, 6) is 1.83. The number of nitrogens with zero attached hydrogens (tertiary/aromatic N) is 2. The minimum absolute atomic E-state index is 0.428. The second-order valence-corrected chi connectivity index (χ2v) is 5.87. The Bertz CT molecular complexity index is 439. The Morgan fingerprint density at radius 3 is 2.68 bits per heavy atom. The van der Waals surface area contributed by atoms with E-state index in [1.807, 2.05) is 18.3 Å². The lowest BCUT2D eigenvalue weighted by atomic mass is 9.84. The molecular formula is C15H23N3S. The summed E-state index contributed by atoms with van der Waals surface area (Å²) in [6.45, 7) is 2.29. The maximum absolute atomic E-state index is 5.79. The fraction of sp³-hybridized carbons (Fsp3) is 0.600. The zero-order valence-corrected chi connectivity index (χ0v) is 12.6. The van der Waals surface area contributed by atoms with Crippen molar-refractivity contribution in [1.82, 2.24) is 4.98 Å². The molecule has 0 bridgehead atoms. The average molecular weight is 277 g/mol. The maximum atomic E-state index is 5.79. The predicted octanol–water partition coefficient (Wildman–Crippen LogP) is 3.12. The van der Waals surface area contributed by atoms with Gasteiger partial charge in [0, 0.05) is 19.3 Å². The topological polar surface area (TPSA) is 42.2 Å². The molecule has 2 rings (SSSR count). The standard InChI is InChI=1S/C15H23N3S/c1-3-11-6-8-12(9-7-11)18(2)15-13(14(16)19)5-4-10-17-15/h4-5,10-12H,3,6-9H2,1-2H3,(H2,16,19). The Hall–Kier alpha value is -1.16. The number of thiocarbonyl (C=S) groups is 1. The molecule has 1 heterocycles. The molecule has 1 aromatic rings. The molecule has 0 unspecified atom stereocenters. The fourth-order valence-corrected chi connectivity index (χ4v) is 3.14. The lowest BCUT2D eigenvalue weighted by Gasteiger charge is -2.35. The van der Waals surface area contributed by atoms with Crippen molar-refractivity contribution in [3.8, 4) is 0 Å². The van der Waals surface area contributed by atoms with Crippen molar-refractivity contribution >= 4 is 23.0 Å². The predicted molar refractivity (Wildman–Crippen MR) is 84.6 cm³/mol. The van der Waals surface area contributed by atoms with Crippen LogP contribution in [0.1, 0.15) is 44.6 Å². The molecular weight excluding hydrogens is 254 g/mol. The Kier molecular flexibility index (Phi) is 4.75. The van der Waals surface area contributed by atoms with Gasteiger partial charge in [0.15, 0.2) is 0 Å². The number of rotatable bonds is 4. The molecule has 104 valence electrons. The van der Waals surface area contributed by atoms with Gasteiger partial charge in [-0.2, -0.15) is 0 Å². The van der Waals surface area contributed by atoms with Crippen LogP contribution >= 0.6 is 12.2 Å². The molecule has 0 aromatic carbocycles. The molecule has 0 aliphatic heterocycles.